The summed E-state index contributed by atoms with van der Waals surface area (Å²) in [5.74, 6) is 0. The normalized spacial score (nSPS) is 15.0. The molecule has 5 nitrogen and oxygen atoms in total. The molecule has 5 rings (SSSR count). The molecular formula is C22H18ClN3O2S. The first-order chi connectivity index (χ1) is 14.0. The van der Waals surface area contributed by atoms with Crippen molar-refractivity contribution >= 4 is 49.0 Å². The smallest absolute Gasteiger partial charge is 0.269 e. The zero-order valence-corrected chi connectivity index (χ0v) is 17.0. The molecule has 1 aliphatic rings. The van der Waals surface area contributed by atoms with Gasteiger partial charge in [-0.1, -0.05) is 41.9 Å². The van der Waals surface area contributed by atoms with E-state index in [0.717, 1.165) is 46.9 Å². The molecule has 146 valence electrons. The van der Waals surface area contributed by atoms with E-state index >= 15 is 0 Å². The molecule has 0 amide bonds. The average Bonchev–Trinajstić information content (AvgIpc) is 3.13. The molecule has 3 heterocycles. The minimum absolute atomic E-state index is 0.152. The molecule has 0 fully saturated rings. The van der Waals surface area contributed by atoms with Crippen molar-refractivity contribution < 1.29 is 8.42 Å². The van der Waals surface area contributed by atoms with Crippen LogP contribution in [0.4, 0.5) is 0 Å². The van der Waals surface area contributed by atoms with E-state index in [1.54, 1.807) is 24.4 Å². The molecule has 0 saturated carbocycles. The first-order valence-corrected chi connectivity index (χ1v) is 11.2. The standard InChI is InChI=1S/C22H18ClN3O2S/c23-17-5-6-19-20(15-7-9-24-10-8-15)14-26(22(19)12-17)29(27,28)18-11-16-3-1-2-4-21(16)25-13-18/h1-7,11-14,24H,8-10H2. The molecule has 1 aliphatic heterocycles. The number of rotatable bonds is 3. The van der Waals surface area contributed by atoms with Crippen molar-refractivity contribution in [1.29, 1.82) is 0 Å². The molecule has 1 N–H and O–H groups in total. The second kappa shape index (κ2) is 6.99. The fourth-order valence-electron chi connectivity index (χ4n) is 3.80. The van der Waals surface area contributed by atoms with Crippen LogP contribution in [0.1, 0.15) is 12.0 Å². The molecule has 29 heavy (non-hydrogen) atoms. The number of aromatic nitrogens is 2. The van der Waals surface area contributed by atoms with Gasteiger partial charge in [-0.2, -0.15) is 0 Å². The van der Waals surface area contributed by atoms with Crippen LogP contribution in [-0.2, 0) is 10.0 Å². The average molecular weight is 424 g/mol. The zero-order chi connectivity index (χ0) is 20.0. The Labute approximate surface area is 173 Å². The molecule has 0 aliphatic carbocycles. The van der Waals surface area contributed by atoms with Crippen LogP contribution in [0.2, 0.25) is 5.02 Å². The predicted molar refractivity (Wildman–Crippen MR) is 117 cm³/mol. The fourth-order valence-corrected chi connectivity index (χ4v) is 5.31. The summed E-state index contributed by atoms with van der Waals surface area (Å²) in [6.07, 6.45) is 6.08. The van der Waals surface area contributed by atoms with E-state index in [9.17, 15) is 8.42 Å². The summed E-state index contributed by atoms with van der Waals surface area (Å²) < 4.78 is 28.4. The van der Waals surface area contributed by atoms with Crippen LogP contribution in [0.5, 0.6) is 0 Å². The van der Waals surface area contributed by atoms with E-state index in [-0.39, 0.29) is 4.90 Å². The number of hydrogen-bond donors (Lipinski definition) is 1. The van der Waals surface area contributed by atoms with Gasteiger partial charge in [0.25, 0.3) is 10.0 Å². The highest BCUT2D eigenvalue weighted by molar-refractivity contribution is 7.90. The van der Waals surface area contributed by atoms with E-state index in [1.165, 1.54) is 10.2 Å². The van der Waals surface area contributed by atoms with E-state index in [4.69, 9.17) is 11.6 Å². The highest BCUT2D eigenvalue weighted by Gasteiger charge is 2.23. The Kier molecular flexibility index (Phi) is 4.42. The monoisotopic (exact) mass is 423 g/mol. The van der Waals surface area contributed by atoms with Crippen LogP contribution in [0.3, 0.4) is 0 Å². The van der Waals surface area contributed by atoms with Crippen LogP contribution in [0, 0.1) is 0 Å². The Morgan fingerprint density at radius 3 is 2.79 bits per heavy atom. The van der Waals surface area contributed by atoms with E-state index in [2.05, 4.69) is 16.4 Å². The zero-order valence-electron chi connectivity index (χ0n) is 15.5. The van der Waals surface area contributed by atoms with Gasteiger partial charge in [0.2, 0.25) is 0 Å². The summed E-state index contributed by atoms with van der Waals surface area (Å²) in [5.41, 5.74) is 3.39. The summed E-state index contributed by atoms with van der Waals surface area (Å²) in [4.78, 5) is 4.48. The third-order valence-electron chi connectivity index (χ3n) is 5.27. The number of pyridine rings is 1. The van der Waals surface area contributed by atoms with Gasteiger partial charge in [-0.3, -0.25) is 4.98 Å². The molecule has 0 saturated heterocycles. The van der Waals surface area contributed by atoms with Crippen molar-refractivity contribution in [2.45, 2.75) is 11.3 Å². The summed E-state index contributed by atoms with van der Waals surface area (Å²) in [5, 5.41) is 5.44. The van der Waals surface area contributed by atoms with E-state index in [1.807, 2.05) is 30.3 Å². The van der Waals surface area contributed by atoms with Crippen molar-refractivity contribution in [3.63, 3.8) is 0 Å². The molecule has 0 unspecified atom stereocenters. The highest BCUT2D eigenvalue weighted by atomic mass is 35.5. The van der Waals surface area contributed by atoms with Gasteiger partial charge in [0, 0.05) is 40.3 Å². The maximum absolute atomic E-state index is 13.5. The SMILES string of the molecule is O=S(=O)(c1cnc2ccccc2c1)n1cc(C2=CCNCC2)c2ccc(Cl)cc21. The van der Waals surface area contributed by atoms with E-state index in [0.29, 0.717) is 10.5 Å². The minimum atomic E-state index is -3.84. The third kappa shape index (κ3) is 3.13. The van der Waals surface area contributed by atoms with Crippen molar-refractivity contribution in [3.05, 3.63) is 77.6 Å². The molecule has 0 atom stereocenters. The summed E-state index contributed by atoms with van der Waals surface area (Å²) >= 11 is 6.21. The molecule has 7 heteroatoms. The van der Waals surface area contributed by atoms with Crippen LogP contribution in [-0.4, -0.2) is 30.5 Å². The maximum Gasteiger partial charge on any atom is 0.269 e. The summed E-state index contributed by atoms with van der Waals surface area (Å²) in [7, 11) is -3.84. The number of para-hydroxylation sites is 1. The number of fused-ring (bicyclic) bond motifs is 2. The first-order valence-electron chi connectivity index (χ1n) is 9.35. The lowest BCUT2D eigenvalue weighted by molar-refractivity contribution is 0.589. The van der Waals surface area contributed by atoms with Crippen LogP contribution in [0.15, 0.2) is 71.9 Å². The van der Waals surface area contributed by atoms with Gasteiger partial charge in [-0.05, 0) is 42.8 Å². The van der Waals surface area contributed by atoms with Crippen molar-refractivity contribution in [2.24, 2.45) is 0 Å². The lowest BCUT2D eigenvalue weighted by Gasteiger charge is -2.13. The lowest BCUT2D eigenvalue weighted by atomic mass is 10.00. The summed E-state index contributed by atoms with van der Waals surface area (Å²) in [6.45, 7) is 1.64. The molecule has 0 bridgehead atoms. The predicted octanol–water partition coefficient (Wildman–Crippen LogP) is 4.46. The van der Waals surface area contributed by atoms with Crippen molar-refractivity contribution in [1.82, 2.24) is 14.3 Å². The van der Waals surface area contributed by atoms with Crippen LogP contribution in [0.25, 0.3) is 27.4 Å². The van der Waals surface area contributed by atoms with Gasteiger partial charge in [0.15, 0.2) is 0 Å². The number of hydrogen-bond acceptors (Lipinski definition) is 4. The number of nitrogens with zero attached hydrogens (tertiary/aromatic N) is 2. The molecule has 0 radical (unpaired) electrons. The molecule has 2 aromatic heterocycles. The van der Waals surface area contributed by atoms with Crippen LogP contribution < -0.4 is 5.32 Å². The molecule has 2 aromatic carbocycles. The first kappa shape index (κ1) is 18.4. The maximum atomic E-state index is 13.5. The Bertz CT molecular complexity index is 1390. The topological polar surface area (TPSA) is 64.0 Å². The van der Waals surface area contributed by atoms with Gasteiger partial charge in [-0.15, -0.1) is 0 Å². The van der Waals surface area contributed by atoms with Crippen molar-refractivity contribution in [3.8, 4) is 0 Å². The van der Waals surface area contributed by atoms with Gasteiger partial charge in [-0.25, -0.2) is 12.4 Å². The number of benzene rings is 2. The largest absolute Gasteiger partial charge is 0.313 e. The molecular weight excluding hydrogens is 406 g/mol. The third-order valence-corrected chi connectivity index (χ3v) is 7.14. The van der Waals surface area contributed by atoms with E-state index < -0.39 is 10.0 Å². The molecule has 4 aromatic rings. The second-order valence-corrected chi connectivity index (χ2v) is 9.30. The molecule has 0 spiro atoms. The Hall–Kier alpha value is -2.67. The quantitative estimate of drug-likeness (QED) is 0.528. The Morgan fingerprint density at radius 1 is 1.10 bits per heavy atom. The second-order valence-electron chi connectivity index (χ2n) is 7.05. The number of nitrogens with one attached hydrogen (secondary N) is 1. The minimum Gasteiger partial charge on any atom is -0.313 e. The fraction of sp³-hybridized carbons (Fsp3) is 0.136. The van der Waals surface area contributed by atoms with Gasteiger partial charge in [0.1, 0.15) is 4.90 Å². The highest BCUT2D eigenvalue weighted by Crippen LogP contribution is 2.34. The van der Waals surface area contributed by atoms with Crippen molar-refractivity contribution in [2.75, 3.05) is 13.1 Å². The lowest BCUT2D eigenvalue weighted by Crippen LogP contribution is -2.20. The number of halogens is 1. The van der Waals surface area contributed by atoms with Gasteiger partial charge in [0.05, 0.1) is 11.0 Å². The van der Waals surface area contributed by atoms with Gasteiger partial charge < -0.3 is 5.32 Å². The summed E-state index contributed by atoms with van der Waals surface area (Å²) in [6, 6.07) is 14.5. The van der Waals surface area contributed by atoms with Crippen LogP contribution >= 0.6 is 11.6 Å². The van der Waals surface area contributed by atoms with Gasteiger partial charge >= 0.3 is 0 Å². The Morgan fingerprint density at radius 2 is 1.97 bits per heavy atom. The Balaban J connectivity index is 1.74.